The van der Waals surface area contributed by atoms with Gasteiger partial charge in [-0.05, 0) is 25.5 Å². The van der Waals surface area contributed by atoms with Crippen LogP contribution in [0.1, 0.15) is 49.2 Å². The van der Waals surface area contributed by atoms with E-state index in [4.69, 9.17) is 9.72 Å². The van der Waals surface area contributed by atoms with Gasteiger partial charge in [0, 0.05) is 30.3 Å². The van der Waals surface area contributed by atoms with Crippen LogP contribution in [0.2, 0.25) is 0 Å². The van der Waals surface area contributed by atoms with E-state index in [-0.39, 0.29) is 0 Å². The summed E-state index contributed by atoms with van der Waals surface area (Å²) in [6.45, 7) is 8.16. The van der Waals surface area contributed by atoms with E-state index in [1.165, 1.54) is 22.1 Å². The molecule has 1 aromatic heterocycles. The van der Waals surface area contributed by atoms with Crippen molar-refractivity contribution in [2.75, 3.05) is 12.9 Å². The minimum Gasteiger partial charge on any atom is -0.378 e. The van der Waals surface area contributed by atoms with Crippen LogP contribution in [0.4, 0.5) is 0 Å². The van der Waals surface area contributed by atoms with Gasteiger partial charge in [0.2, 0.25) is 0 Å². The van der Waals surface area contributed by atoms with Crippen molar-refractivity contribution in [2.24, 2.45) is 0 Å². The quantitative estimate of drug-likeness (QED) is 0.666. The fourth-order valence-corrected chi connectivity index (χ4v) is 3.58. The van der Waals surface area contributed by atoms with Crippen molar-refractivity contribution in [1.82, 2.24) is 10.3 Å². The number of rotatable bonds is 10. The average Bonchev–Trinajstić information content (AvgIpc) is 2.79. The lowest BCUT2D eigenvalue weighted by Crippen LogP contribution is -2.24. The average molecular weight is 303 g/mol. The second-order valence-electron chi connectivity index (χ2n) is 4.65. The summed E-state index contributed by atoms with van der Waals surface area (Å²) in [6, 6.07) is 0.551. The Morgan fingerprint density at radius 2 is 2.21 bits per heavy atom. The lowest BCUT2D eigenvalue weighted by Gasteiger charge is -2.10. The molecule has 5 heteroatoms. The van der Waals surface area contributed by atoms with E-state index in [9.17, 15) is 0 Å². The van der Waals surface area contributed by atoms with Crippen molar-refractivity contribution in [2.45, 2.75) is 58.6 Å². The van der Waals surface area contributed by atoms with Gasteiger partial charge in [0.25, 0.3) is 0 Å². The zero-order valence-electron chi connectivity index (χ0n) is 12.5. The number of thioether (sulfide) groups is 1. The molecule has 1 atom stereocenters. The number of ether oxygens (including phenoxy) is 1. The van der Waals surface area contributed by atoms with Crippen molar-refractivity contribution in [3.63, 3.8) is 0 Å². The van der Waals surface area contributed by atoms with E-state index >= 15 is 0 Å². The molecular formula is C14H26N2OS2. The molecule has 0 aliphatic carbocycles. The molecule has 0 radical (unpaired) electrons. The van der Waals surface area contributed by atoms with E-state index < -0.39 is 0 Å². The first-order chi connectivity index (χ1) is 9.21. The molecule has 0 fully saturated rings. The zero-order valence-corrected chi connectivity index (χ0v) is 14.1. The molecule has 0 aromatic carbocycles. The molecule has 0 aliphatic heterocycles. The Kier molecular flexibility index (Phi) is 8.70. The van der Waals surface area contributed by atoms with Crippen LogP contribution >= 0.6 is 23.1 Å². The van der Waals surface area contributed by atoms with Crippen molar-refractivity contribution in [3.05, 3.63) is 15.6 Å². The summed E-state index contributed by atoms with van der Waals surface area (Å²) in [5.41, 5.74) is 1.11. The van der Waals surface area contributed by atoms with E-state index in [0.717, 1.165) is 24.4 Å². The van der Waals surface area contributed by atoms with Gasteiger partial charge < -0.3 is 10.1 Å². The Hall–Kier alpha value is -0.100. The minimum absolute atomic E-state index is 0.551. The van der Waals surface area contributed by atoms with Crippen LogP contribution in [0.15, 0.2) is 0 Å². The van der Waals surface area contributed by atoms with Crippen LogP contribution in [-0.2, 0) is 23.6 Å². The molecule has 1 aromatic rings. The lowest BCUT2D eigenvalue weighted by molar-refractivity contribution is 0.181. The highest BCUT2D eigenvalue weighted by molar-refractivity contribution is 7.98. The highest BCUT2D eigenvalue weighted by atomic mass is 32.2. The Morgan fingerprint density at radius 1 is 1.42 bits per heavy atom. The fourth-order valence-electron chi connectivity index (χ4n) is 1.60. The van der Waals surface area contributed by atoms with Crippen molar-refractivity contribution < 1.29 is 4.74 Å². The van der Waals surface area contributed by atoms with Crippen LogP contribution in [0, 0.1) is 0 Å². The van der Waals surface area contributed by atoms with Crippen molar-refractivity contribution >= 4 is 23.1 Å². The second kappa shape index (κ2) is 9.75. The number of thiazole rings is 1. The number of nitrogens with zero attached hydrogens (tertiary/aromatic N) is 1. The SMILES string of the molecule is CCCSCc1nc(COC)c(CNC(C)CC)s1. The number of hydrogen-bond donors (Lipinski definition) is 1. The third kappa shape index (κ3) is 6.25. The topological polar surface area (TPSA) is 34.1 Å². The number of aromatic nitrogens is 1. The highest BCUT2D eigenvalue weighted by Crippen LogP contribution is 2.23. The smallest absolute Gasteiger partial charge is 0.103 e. The highest BCUT2D eigenvalue weighted by Gasteiger charge is 2.11. The van der Waals surface area contributed by atoms with Crippen LogP contribution in [0.5, 0.6) is 0 Å². The summed E-state index contributed by atoms with van der Waals surface area (Å²) < 4.78 is 5.25. The van der Waals surface area contributed by atoms with E-state index in [1.54, 1.807) is 7.11 Å². The standard InChI is InChI=1S/C14H26N2OS2/c1-5-7-18-10-14-16-12(9-17-4)13(19-14)8-15-11(3)6-2/h11,15H,5-10H2,1-4H3. The Bertz CT molecular complexity index is 355. The largest absolute Gasteiger partial charge is 0.378 e. The molecule has 1 heterocycles. The normalized spacial score (nSPS) is 12.8. The van der Waals surface area contributed by atoms with Gasteiger partial charge in [0.1, 0.15) is 5.01 Å². The minimum atomic E-state index is 0.551. The van der Waals surface area contributed by atoms with E-state index in [0.29, 0.717) is 12.6 Å². The molecule has 0 amide bonds. The van der Waals surface area contributed by atoms with Gasteiger partial charge in [0.15, 0.2) is 0 Å². The summed E-state index contributed by atoms with van der Waals surface area (Å²) in [6.07, 6.45) is 2.38. The van der Waals surface area contributed by atoms with Crippen LogP contribution in [-0.4, -0.2) is 23.9 Å². The lowest BCUT2D eigenvalue weighted by atomic mass is 10.2. The van der Waals surface area contributed by atoms with Gasteiger partial charge in [-0.25, -0.2) is 4.98 Å². The Labute approximate surface area is 125 Å². The molecule has 3 nitrogen and oxygen atoms in total. The molecule has 1 rings (SSSR count). The summed E-state index contributed by atoms with van der Waals surface area (Å²) in [7, 11) is 1.73. The van der Waals surface area contributed by atoms with Crippen LogP contribution < -0.4 is 5.32 Å². The molecule has 0 aliphatic rings. The summed E-state index contributed by atoms with van der Waals surface area (Å²) in [5, 5.41) is 4.76. The maximum Gasteiger partial charge on any atom is 0.103 e. The van der Waals surface area contributed by atoms with Gasteiger partial charge in [-0.2, -0.15) is 11.8 Å². The summed E-state index contributed by atoms with van der Waals surface area (Å²) in [5.74, 6) is 2.23. The molecule has 0 saturated carbocycles. The molecule has 0 spiro atoms. The van der Waals surface area contributed by atoms with Gasteiger partial charge >= 0.3 is 0 Å². The number of nitrogens with one attached hydrogen (secondary N) is 1. The molecule has 1 N–H and O–H groups in total. The van der Waals surface area contributed by atoms with Crippen molar-refractivity contribution in [1.29, 1.82) is 0 Å². The summed E-state index contributed by atoms with van der Waals surface area (Å²) in [4.78, 5) is 6.04. The maximum atomic E-state index is 5.25. The monoisotopic (exact) mass is 302 g/mol. The third-order valence-electron chi connectivity index (χ3n) is 2.90. The first kappa shape index (κ1) is 17.0. The predicted molar refractivity (Wildman–Crippen MR) is 85.9 cm³/mol. The van der Waals surface area contributed by atoms with Gasteiger partial charge in [-0.15, -0.1) is 11.3 Å². The van der Waals surface area contributed by atoms with Crippen LogP contribution in [0.25, 0.3) is 0 Å². The Morgan fingerprint density at radius 3 is 2.84 bits per heavy atom. The first-order valence-corrected chi connectivity index (χ1v) is 8.95. The van der Waals surface area contributed by atoms with Gasteiger partial charge in [0.05, 0.1) is 12.3 Å². The molecule has 1 unspecified atom stereocenters. The Balaban J connectivity index is 2.60. The van der Waals surface area contributed by atoms with Gasteiger partial charge in [-0.3, -0.25) is 0 Å². The molecule has 0 saturated heterocycles. The molecule has 110 valence electrons. The maximum absolute atomic E-state index is 5.25. The predicted octanol–water partition coefficient (Wildman–Crippen LogP) is 3.82. The number of hydrogen-bond acceptors (Lipinski definition) is 5. The van der Waals surface area contributed by atoms with Crippen molar-refractivity contribution in [3.8, 4) is 0 Å². The second-order valence-corrected chi connectivity index (χ2v) is 6.93. The fraction of sp³-hybridized carbons (Fsp3) is 0.786. The molecular weight excluding hydrogens is 276 g/mol. The molecule has 19 heavy (non-hydrogen) atoms. The third-order valence-corrected chi connectivity index (χ3v) is 5.36. The van der Waals surface area contributed by atoms with Crippen LogP contribution in [0.3, 0.4) is 0 Å². The zero-order chi connectivity index (χ0) is 14.1. The molecule has 0 bridgehead atoms. The summed E-state index contributed by atoms with van der Waals surface area (Å²) >= 11 is 3.79. The van der Waals surface area contributed by atoms with E-state index in [2.05, 4.69) is 26.1 Å². The number of methoxy groups -OCH3 is 1. The van der Waals surface area contributed by atoms with E-state index in [1.807, 2.05) is 23.1 Å². The first-order valence-electron chi connectivity index (χ1n) is 6.98. The van der Waals surface area contributed by atoms with Gasteiger partial charge in [-0.1, -0.05) is 13.8 Å².